The number of nitrogens with zero attached hydrogens (tertiary/aromatic N) is 1. The smallest absolute Gasteiger partial charge is 0.350 e. The van der Waals surface area contributed by atoms with E-state index in [2.05, 4.69) is 10.3 Å². The van der Waals surface area contributed by atoms with E-state index in [-0.39, 0.29) is 29.6 Å². The summed E-state index contributed by atoms with van der Waals surface area (Å²) in [5.41, 5.74) is 1.48. The highest BCUT2D eigenvalue weighted by atomic mass is 35.5. The second-order valence-corrected chi connectivity index (χ2v) is 5.76. The average molecular weight is 357 g/mol. The molecule has 2 rings (SSSR count). The van der Waals surface area contributed by atoms with Gasteiger partial charge in [-0.25, -0.2) is 0 Å². The molecular weight excluding hydrogens is 341 g/mol. The highest BCUT2D eigenvalue weighted by Gasteiger charge is 2.31. The van der Waals surface area contributed by atoms with E-state index >= 15 is 0 Å². The van der Waals surface area contributed by atoms with E-state index in [1.54, 1.807) is 0 Å². The highest BCUT2D eigenvalue weighted by molar-refractivity contribution is 6.31. The Kier molecular flexibility index (Phi) is 5.83. The number of hydrogen-bond donors (Lipinski definition) is 1. The lowest BCUT2D eigenvalue weighted by atomic mass is 10.0. The van der Waals surface area contributed by atoms with Gasteiger partial charge in [-0.2, -0.15) is 13.2 Å². The maximum Gasteiger partial charge on any atom is 0.417 e. The first-order valence-electron chi connectivity index (χ1n) is 7.30. The minimum atomic E-state index is -4.49. The van der Waals surface area contributed by atoms with Crippen molar-refractivity contribution in [3.63, 3.8) is 0 Å². The zero-order chi connectivity index (χ0) is 17.7. The number of pyridine rings is 1. The fourth-order valence-corrected chi connectivity index (χ4v) is 2.39. The number of aromatic nitrogens is 1. The van der Waals surface area contributed by atoms with Gasteiger partial charge in [0.05, 0.1) is 22.8 Å². The van der Waals surface area contributed by atoms with Crippen molar-refractivity contribution in [2.45, 2.75) is 32.5 Å². The molecule has 1 heterocycles. The first-order chi connectivity index (χ1) is 11.3. The lowest BCUT2D eigenvalue weighted by Crippen LogP contribution is -2.24. The summed E-state index contributed by atoms with van der Waals surface area (Å²) in [5.74, 6) is -0.212. The molecule has 0 fully saturated rings. The van der Waals surface area contributed by atoms with Crippen LogP contribution in [0.1, 0.15) is 28.8 Å². The molecule has 1 N–H and O–H groups in total. The largest absolute Gasteiger partial charge is 0.417 e. The van der Waals surface area contributed by atoms with Gasteiger partial charge >= 0.3 is 6.18 Å². The van der Waals surface area contributed by atoms with Crippen molar-refractivity contribution in [2.24, 2.45) is 0 Å². The second kappa shape index (κ2) is 7.66. The Labute approximate surface area is 142 Å². The Balaban J connectivity index is 1.89. The Morgan fingerprint density at radius 2 is 2.00 bits per heavy atom. The predicted octanol–water partition coefficient (Wildman–Crippen LogP) is 4.31. The van der Waals surface area contributed by atoms with Crippen LogP contribution in [0.3, 0.4) is 0 Å². The summed E-state index contributed by atoms with van der Waals surface area (Å²) in [6.07, 6.45) is -2.91. The summed E-state index contributed by atoms with van der Waals surface area (Å²) >= 11 is 5.80. The van der Waals surface area contributed by atoms with Gasteiger partial charge in [0.2, 0.25) is 5.91 Å². The maximum absolute atomic E-state index is 12.5. The SMILES string of the molecule is Cc1ccccc1CCC(=O)NCc1ncc(C(F)(F)F)cc1Cl. The zero-order valence-corrected chi connectivity index (χ0v) is 13.7. The van der Waals surface area contributed by atoms with E-state index in [9.17, 15) is 18.0 Å². The van der Waals surface area contributed by atoms with Crippen LogP contribution in [0.5, 0.6) is 0 Å². The third-order valence-electron chi connectivity index (χ3n) is 3.58. The van der Waals surface area contributed by atoms with Gasteiger partial charge in [0.1, 0.15) is 0 Å². The quantitative estimate of drug-likeness (QED) is 0.867. The molecule has 0 unspecified atom stereocenters. The summed E-state index contributed by atoms with van der Waals surface area (Å²) in [5, 5.41) is 2.50. The predicted molar refractivity (Wildman–Crippen MR) is 85.6 cm³/mol. The zero-order valence-electron chi connectivity index (χ0n) is 13.0. The minimum absolute atomic E-state index is 0.0103. The molecule has 0 bridgehead atoms. The molecule has 7 heteroatoms. The first kappa shape index (κ1) is 18.3. The Morgan fingerprint density at radius 1 is 1.29 bits per heavy atom. The van der Waals surface area contributed by atoms with Gasteiger partial charge in [-0.15, -0.1) is 0 Å². The number of rotatable bonds is 5. The average Bonchev–Trinajstić information content (AvgIpc) is 2.52. The van der Waals surface area contributed by atoms with Crippen LogP contribution in [0.2, 0.25) is 5.02 Å². The molecule has 0 aliphatic rings. The van der Waals surface area contributed by atoms with Crippen molar-refractivity contribution in [3.8, 4) is 0 Å². The van der Waals surface area contributed by atoms with E-state index in [1.807, 2.05) is 31.2 Å². The van der Waals surface area contributed by atoms with Crippen LogP contribution >= 0.6 is 11.6 Å². The lowest BCUT2D eigenvalue weighted by molar-refractivity contribution is -0.137. The molecule has 128 valence electrons. The summed E-state index contributed by atoms with van der Waals surface area (Å²) in [6.45, 7) is 1.96. The van der Waals surface area contributed by atoms with Crippen LogP contribution in [0.25, 0.3) is 0 Å². The van der Waals surface area contributed by atoms with Crippen molar-refractivity contribution >= 4 is 17.5 Å². The van der Waals surface area contributed by atoms with Crippen LogP contribution < -0.4 is 5.32 Å². The monoisotopic (exact) mass is 356 g/mol. The van der Waals surface area contributed by atoms with Crippen LogP contribution in [-0.4, -0.2) is 10.9 Å². The standard InChI is InChI=1S/C17H16ClF3N2O/c1-11-4-2-3-5-12(11)6-7-16(24)23-10-15-14(18)8-13(9-22-15)17(19,20)21/h2-5,8-9H,6-7,10H2,1H3,(H,23,24). The Morgan fingerprint density at radius 3 is 2.62 bits per heavy atom. The van der Waals surface area contributed by atoms with E-state index < -0.39 is 11.7 Å². The van der Waals surface area contributed by atoms with Gasteiger partial charge in [0, 0.05) is 12.6 Å². The van der Waals surface area contributed by atoms with E-state index in [0.717, 1.165) is 17.2 Å². The molecule has 1 aromatic carbocycles. The number of carbonyl (C=O) groups is 1. The fourth-order valence-electron chi connectivity index (χ4n) is 2.16. The maximum atomic E-state index is 12.5. The van der Waals surface area contributed by atoms with Gasteiger partial charge < -0.3 is 5.32 Å². The van der Waals surface area contributed by atoms with Gasteiger partial charge in [-0.1, -0.05) is 35.9 Å². The summed E-state index contributed by atoms with van der Waals surface area (Å²) in [6, 6.07) is 8.57. The van der Waals surface area contributed by atoms with Crippen LogP contribution in [0.4, 0.5) is 13.2 Å². The van der Waals surface area contributed by atoms with E-state index in [1.165, 1.54) is 0 Å². The molecule has 0 aliphatic heterocycles. The van der Waals surface area contributed by atoms with Gasteiger partial charge in [0.25, 0.3) is 0 Å². The Hall–Kier alpha value is -2.08. The van der Waals surface area contributed by atoms with E-state index in [4.69, 9.17) is 11.6 Å². The number of hydrogen-bond acceptors (Lipinski definition) is 2. The molecule has 0 aliphatic carbocycles. The molecule has 0 spiro atoms. The highest BCUT2D eigenvalue weighted by Crippen LogP contribution is 2.30. The summed E-state index contributed by atoms with van der Waals surface area (Å²) in [7, 11) is 0. The number of amides is 1. The molecule has 1 aromatic heterocycles. The van der Waals surface area contributed by atoms with Crippen LogP contribution in [0.15, 0.2) is 36.5 Å². The topological polar surface area (TPSA) is 42.0 Å². The lowest BCUT2D eigenvalue weighted by Gasteiger charge is -2.10. The Bertz CT molecular complexity index is 732. The second-order valence-electron chi connectivity index (χ2n) is 5.35. The molecule has 2 aromatic rings. The van der Waals surface area contributed by atoms with Gasteiger partial charge in [-0.3, -0.25) is 9.78 Å². The van der Waals surface area contributed by atoms with Crippen molar-refractivity contribution in [3.05, 3.63) is 63.9 Å². The first-order valence-corrected chi connectivity index (χ1v) is 7.68. The van der Waals surface area contributed by atoms with Crippen LogP contribution in [-0.2, 0) is 23.9 Å². The number of halogens is 4. The third-order valence-corrected chi connectivity index (χ3v) is 3.91. The molecule has 24 heavy (non-hydrogen) atoms. The normalized spacial score (nSPS) is 11.4. The van der Waals surface area contributed by atoms with Crippen molar-refractivity contribution in [1.29, 1.82) is 0 Å². The number of nitrogens with one attached hydrogen (secondary N) is 1. The molecule has 0 radical (unpaired) electrons. The number of carbonyl (C=O) groups excluding carboxylic acids is 1. The third kappa shape index (κ3) is 4.96. The molecule has 0 saturated heterocycles. The van der Waals surface area contributed by atoms with Crippen molar-refractivity contribution < 1.29 is 18.0 Å². The van der Waals surface area contributed by atoms with Gasteiger partial charge in [0.15, 0.2) is 0 Å². The molecule has 3 nitrogen and oxygen atoms in total. The number of benzene rings is 1. The van der Waals surface area contributed by atoms with E-state index in [0.29, 0.717) is 12.6 Å². The summed E-state index contributed by atoms with van der Waals surface area (Å²) in [4.78, 5) is 15.6. The fraction of sp³-hybridized carbons (Fsp3) is 0.294. The molecule has 1 amide bonds. The number of aryl methyl sites for hydroxylation is 2. The van der Waals surface area contributed by atoms with Crippen LogP contribution in [0, 0.1) is 6.92 Å². The minimum Gasteiger partial charge on any atom is -0.350 e. The van der Waals surface area contributed by atoms with Gasteiger partial charge in [-0.05, 0) is 30.5 Å². The van der Waals surface area contributed by atoms with Crippen molar-refractivity contribution in [1.82, 2.24) is 10.3 Å². The summed E-state index contributed by atoms with van der Waals surface area (Å²) < 4.78 is 37.6. The van der Waals surface area contributed by atoms with Crippen molar-refractivity contribution in [2.75, 3.05) is 0 Å². The molecular formula is C17H16ClF3N2O. The molecule has 0 atom stereocenters. The molecule has 0 saturated carbocycles. The number of alkyl halides is 3.